The highest BCUT2D eigenvalue weighted by Gasteiger charge is 1.95. The summed E-state index contributed by atoms with van der Waals surface area (Å²) >= 11 is 0. The zero-order chi connectivity index (χ0) is 7.11. The van der Waals surface area contributed by atoms with Crippen LogP contribution in [0.15, 0.2) is 17.5 Å². The molecule has 4 heteroatoms. The summed E-state index contributed by atoms with van der Waals surface area (Å²) in [4.78, 5) is 9.49. The van der Waals surface area contributed by atoms with Crippen LogP contribution in [0, 0.1) is 4.91 Å². The molecule has 0 amide bonds. The third-order valence-corrected chi connectivity index (χ3v) is 0.769. The van der Waals surface area contributed by atoms with Gasteiger partial charge in [0, 0.05) is 14.2 Å². The van der Waals surface area contributed by atoms with Crippen molar-refractivity contribution in [3.63, 3.8) is 0 Å². The molecule has 0 aliphatic carbocycles. The molecule has 0 aliphatic rings. The van der Waals surface area contributed by atoms with E-state index in [9.17, 15) is 4.91 Å². The molecule has 0 unspecified atom stereocenters. The smallest absolute Gasteiger partial charge is 0.178 e. The molecule has 0 rings (SSSR count). The van der Waals surface area contributed by atoms with Crippen LogP contribution >= 0.6 is 0 Å². The average Bonchev–Trinajstić information content (AvgIpc) is 1.91. The Morgan fingerprint density at radius 2 is 2.00 bits per heavy atom. The van der Waals surface area contributed by atoms with Gasteiger partial charge in [-0.3, -0.25) is 0 Å². The van der Waals surface area contributed by atoms with E-state index in [1.54, 1.807) is 0 Å². The Labute approximate surface area is 53.4 Å². The molecule has 0 aromatic carbocycles. The van der Waals surface area contributed by atoms with E-state index in [1.807, 2.05) is 0 Å². The summed E-state index contributed by atoms with van der Waals surface area (Å²) in [5.74, 6) is 0. The lowest BCUT2D eigenvalue weighted by Gasteiger charge is -2.05. The highest BCUT2D eigenvalue weighted by atomic mass is 16.7. The van der Waals surface area contributed by atoms with Crippen LogP contribution < -0.4 is 0 Å². The Bertz CT molecular complexity index is 98.4. The van der Waals surface area contributed by atoms with Crippen molar-refractivity contribution in [2.45, 2.75) is 6.29 Å². The molecule has 9 heavy (non-hydrogen) atoms. The lowest BCUT2D eigenvalue weighted by atomic mass is 10.6. The molecule has 0 saturated heterocycles. The molecule has 52 valence electrons. The molecule has 4 nitrogen and oxygen atoms in total. The third kappa shape index (κ3) is 3.81. The maximum Gasteiger partial charge on any atom is 0.178 e. The molecule has 0 bridgehead atoms. The van der Waals surface area contributed by atoms with Crippen molar-refractivity contribution in [1.29, 1.82) is 0 Å². The predicted octanol–water partition coefficient (Wildman–Crippen LogP) is 0.885. The van der Waals surface area contributed by atoms with Crippen molar-refractivity contribution in [2.75, 3.05) is 14.2 Å². The summed E-state index contributed by atoms with van der Waals surface area (Å²) in [6, 6.07) is 0. The maximum absolute atomic E-state index is 9.49. The normalized spacial score (nSPS) is 11.0. The number of hydrogen-bond acceptors (Lipinski definition) is 4. The van der Waals surface area contributed by atoms with Gasteiger partial charge in [-0.25, -0.2) is 0 Å². The standard InChI is InChI=1S/C5H9NO3/c1-8-5(9-2)3-4-6-7/h3-5H,1-2H3/b4-3+. The molecule has 0 heterocycles. The zero-order valence-corrected chi connectivity index (χ0v) is 5.40. The summed E-state index contributed by atoms with van der Waals surface area (Å²) in [5, 5.41) is 2.48. The molecular formula is C5H9NO3. The van der Waals surface area contributed by atoms with Crippen molar-refractivity contribution in [3.8, 4) is 0 Å². The molecule has 0 aliphatic heterocycles. The number of hydrogen-bond donors (Lipinski definition) is 0. The summed E-state index contributed by atoms with van der Waals surface area (Å²) in [5.41, 5.74) is 0. The fourth-order valence-corrected chi connectivity index (χ4v) is 0.359. The molecule has 0 fully saturated rings. The van der Waals surface area contributed by atoms with Gasteiger partial charge in [0.1, 0.15) is 0 Å². The Kier molecular flexibility index (Phi) is 4.95. The van der Waals surface area contributed by atoms with Gasteiger partial charge in [0.25, 0.3) is 0 Å². The summed E-state index contributed by atoms with van der Waals surface area (Å²) < 4.78 is 9.39. The van der Waals surface area contributed by atoms with Crippen LogP contribution in [0.3, 0.4) is 0 Å². The maximum atomic E-state index is 9.49. The highest BCUT2D eigenvalue weighted by Crippen LogP contribution is 1.91. The van der Waals surface area contributed by atoms with Crippen LogP contribution in [0.25, 0.3) is 0 Å². The second-order valence-electron chi connectivity index (χ2n) is 1.29. The van der Waals surface area contributed by atoms with E-state index >= 15 is 0 Å². The van der Waals surface area contributed by atoms with Crippen LogP contribution in [0.4, 0.5) is 0 Å². The summed E-state index contributed by atoms with van der Waals surface area (Å²) in [7, 11) is 2.95. The van der Waals surface area contributed by atoms with Crippen LogP contribution in [0.1, 0.15) is 0 Å². The van der Waals surface area contributed by atoms with E-state index in [1.165, 1.54) is 20.3 Å². The zero-order valence-electron chi connectivity index (χ0n) is 5.40. The summed E-state index contributed by atoms with van der Waals surface area (Å²) in [6.45, 7) is 0. The average molecular weight is 131 g/mol. The third-order valence-electron chi connectivity index (χ3n) is 0.769. The van der Waals surface area contributed by atoms with Gasteiger partial charge in [0.15, 0.2) is 6.29 Å². The lowest BCUT2D eigenvalue weighted by Crippen LogP contribution is -2.08. The van der Waals surface area contributed by atoms with Gasteiger partial charge in [0.2, 0.25) is 0 Å². The second-order valence-corrected chi connectivity index (χ2v) is 1.29. The first kappa shape index (κ1) is 8.26. The van der Waals surface area contributed by atoms with Gasteiger partial charge in [-0.15, -0.1) is 4.91 Å². The van der Waals surface area contributed by atoms with Crippen LogP contribution in [-0.2, 0) is 9.47 Å². The van der Waals surface area contributed by atoms with Crippen molar-refractivity contribution in [3.05, 3.63) is 17.2 Å². The molecule has 0 atom stereocenters. The minimum Gasteiger partial charge on any atom is -0.352 e. The molecule has 0 N–H and O–H groups in total. The number of ether oxygens (including phenoxy) is 2. The largest absolute Gasteiger partial charge is 0.352 e. The Morgan fingerprint density at radius 1 is 1.44 bits per heavy atom. The molecule has 0 spiro atoms. The second kappa shape index (κ2) is 5.40. The van der Waals surface area contributed by atoms with E-state index < -0.39 is 6.29 Å². The van der Waals surface area contributed by atoms with E-state index in [0.29, 0.717) is 0 Å². The van der Waals surface area contributed by atoms with E-state index in [4.69, 9.17) is 9.47 Å². The molecular weight excluding hydrogens is 122 g/mol. The number of rotatable bonds is 4. The van der Waals surface area contributed by atoms with Crippen LogP contribution in [0.2, 0.25) is 0 Å². The van der Waals surface area contributed by atoms with Crippen molar-refractivity contribution in [1.82, 2.24) is 0 Å². The summed E-state index contributed by atoms with van der Waals surface area (Å²) in [6.07, 6.45) is 2.02. The van der Waals surface area contributed by atoms with Gasteiger partial charge < -0.3 is 9.47 Å². The van der Waals surface area contributed by atoms with Gasteiger partial charge in [-0.05, 0) is 11.3 Å². The number of nitroso groups, excluding NO2 is 1. The molecule has 0 saturated carbocycles. The van der Waals surface area contributed by atoms with Crippen LogP contribution in [-0.4, -0.2) is 20.5 Å². The molecule has 0 aromatic rings. The minimum atomic E-state index is -0.470. The fourth-order valence-electron chi connectivity index (χ4n) is 0.359. The first-order chi connectivity index (χ1) is 4.35. The Hall–Kier alpha value is -0.740. The SMILES string of the molecule is COC(/C=C/N=O)OC. The van der Waals surface area contributed by atoms with Crippen molar-refractivity contribution >= 4 is 0 Å². The van der Waals surface area contributed by atoms with Crippen LogP contribution in [0.5, 0.6) is 0 Å². The lowest BCUT2D eigenvalue weighted by molar-refractivity contribution is -0.0667. The van der Waals surface area contributed by atoms with Gasteiger partial charge in [-0.2, -0.15) is 0 Å². The first-order valence-electron chi connectivity index (χ1n) is 2.40. The quantitative estimate of drug-likeness (QED) is 0.420. The van der Waals surface area contributed by atoms with Crippen molar-refractivity contribution in [2.24, 2.45) is 5.18 Å². The topological polar surface area (TPSA) is 47.9 Å². The number of methoxy groups -OCH3 is 2. The Morgan fingerprint density at radius 3 is 2.33 bits per heavy atom. The van der Waals surface area contributed by atoms with E-state index in [2.05, 4.69) is 5.18 Å². The van der Waals surface area contributed by atoms with Gasteiger partial charge in [-0.1, -0.05) is 0 Å². The molecule has 0 aromatic heterocycles. The monoisotopic (exact) mass is 131 g/mol. The van der Waals surface area contributed by atoms with Crippen molar-refractivity contribution < 1.29 is 9.47 Å². The minimum absolute atomic E-state index is 0.470. The van der Waals surface area contributed by atoms with Gasteiger partial charge >= 0.3 is 0 Å². The first-order valence-corrected chi connectivity index (χ1v) is 2.40. The predicted molar refractivity (Wildman–Crippen MR) is 32.7 cm³/mol. The number of nitrogens with zero attached hydrogens (tertiary/aromatic N) is 1. The van der Waals surface area contributed by atoms with E-state index in [-0.39, 0.29) is 0 Å². The highest BCUT2D eigenvalue weighted by molar-refractivity contribution is 4.82. The Balaban J connectivity index is 3.53. The molecule has 0 radical (unpaired) electrons. The fraction of sp³-hybridized carbons (Fsp3) is 0.600. The van der Waals surface area contributed by atoms with E-state index in [0.717, 1.165) is 6.20 Å². The van der Waals surface area contributed by atoms with Gasteiger partial charge in [0.05, 0.1) is 6.20 Å².